The average molecular weight is 292 g/mol. The first-order chi connectivity index (χ1) is 9.51. The number of hydrogen-bond acceptors (Lipinski definition) is 5. The second kappa shape index (κ2) is 6.08. The Morgan fingerprint density at radius 2 is 2.10 bits per heavy atom. The van der Waals surface area contributed by atoms with E-state index in [1.165, 1.54) is 6.07 Å². The summed E-state index contributed by atoms with van der Waals surface area (Å²) >= 11 is 0. The fourth-order valence-electron chi connectivity index (χ4n) is 1.70. The largest absolute Gasteiger partial charge is 0.326 e. The van der Waals surface area contributed by atoms with Crippen LogP contribution in [0, 0.1) is 6.92 Å². The second-order valence-corrected chi connectivity index (χ2v) is 6.04. The molecule has 6 nitrogen and oxygen atoms in total. The molecule has 3 N–H and O–H groups in total. The van der Waals surface area contributed by atoms with Gasteiger partial charge in [0.05, 0.1) is 17.1 Å². The highest BCUT2D eigenvalue weighted by Gasteiger charge is 2.14. The smallest absolute Gasteiger partial charge is 0.240 e. The van der Waals surface area contributed by atoms with Gasteiger partial charge in [-0.15, -0.1) is 0 Å². The van der Waals surface area contributed by atoms with Crippen LogP contribution in [0.2, 0.25) is 0 Å². The van der Waals surface area contributed by atoms with Crippen LogP contribution < -0.4 is 10.5 Å². The molecule has 0 aliphatic rings. The molecule has 0 amide bonds. The molecule has 2 aromatic rings. The minimum absolute atomic E-state index is 0.124. The number of nitrogens with zero attached hydrogens (tertiary/aromatic N) is 2. The molecule has 2 rings (SSSR count). The van der Waals surface area contributed by atoms with Crippen LogP contribution in [0.15, 0.2) is 41.4 Å². The molecule has 1 aromatic carbocycles. The van der Waals surface area contributed by atoms with Gasteiger partial charge in [-0.2, -0.15) is 0 Å². The molecule has 0 spiro atoms. The summed E-state index contributed by atoms with van der Waals surface area (Å²) in [6.45, 7) is 2.18. The average Bonchev–Trinajstić information content (AvgIpc) is 2.45. The maximum atomic E-state index is 12.2. The summed E-state index contributed by atoms with van der Waals surface area (Å²) in [5, 5.41) is 0. The van der Waals surface area contributed by atoms with Crippen LogP contribution in [-0.4, -0.2) is 18.4 Å². The predicted molar refractivity (Wildman–Crippen MR) is 75.1 cm³/mol. The zero-order valence-electron chi connectivity index (χ0n) is 11.1. The van der Waals surface area contributed by atoms with E-state index >= 15 is 0 Å². The second-order valence-electron chi connectivity index (χ2n) is 4.27. The van der Waals surface area contributed by atoms with E-state index in [1.54, 1.807) is 37.4 Å². The van der Waals surface area contributed by atoms with Crippen LogP contribution in [0.1, 0.15) is 17.1 Å². The van der Waals surface area contributed by atoms with Crippen LogP contribution in [0.25, 0.3) is 0 Å². The highest BCUT2D eigenvalue weighted by molar-refractivity contribution is 7.89. The van der Waals surface area contributed by atoms with Crippen LogP contribution in [0.5, 0.6) is 0 Å². The lowest BCUT2D eigenvalue weighted by Gasteiger charge is -2.07. The first-order valence-electron chi connectivity index (χ1n) is 6.08. The Bertz CT molecular complexity index is 701. The van der Waals surface area contributed by atoms with E-state index in [0.717, 1.165) is 5.56 Å². The molecule has 20 heavy (non-hydrogen) atoms. The topological polar surface area (TPSA) is 98.0 Å². The van der Waals surface area contributed by atoms with Crippen molar-refractivity contribution >= 4 is 10.0 Å². The standard InChI is InChI=1S/C13H16N4O2S/c1-10-15-6-5-12(17-10)9-16-20(18,19)13-4-2-3-11(7-13)8-14/h2-7,16H,8-9,14H2,1H3. The lowest BCUT2D eigenvalue weighted by Crippen LogP contribution is -2.24. The van der Waals surface area contributed by atoms with Gasteiger partial charge in [-0.1, -0.05) is 12.1 Å². The Balaban J connectivity index is 2.15. The number of aromatic nitrogens is 2. The lowest BCUT2D eigenvalue weighted by molar-refractivity contribution is 0.580. The summed E-state index contributed by atoms with van der Waals surface area (Å²) in [5.74, 6) is 0.604. The van der Waals surface area contributed by atoms with E-state index in [2.05, 4.69) is 14.7 Å². The number of rotatable bonds is 5. The van der Waals surface area contributed by atoms with Crippen LogP contribution in [-0.2, 0) is 23.1 Å². The summed E-state index contributed by atoms with van der Waals surface area (Å²) in [6, 6.07) is 8.23. The molecule has 0 atom stereocenters. The number of benzene rings is 1. The Morgan fingerprint density at radius 3 is 2.80 bits per heavy atom. The molecule has 0 aliphatic heterocycles. The van der Waals surface area contributed by atoms with Gasteiger partial charge >= 0.3 is 0 Å². The lowest BCUT2D eigenvalue weighted by atomic mass is 10.2. The molecule has 0 bridgehead atoms. The van der Waals surface area contributed by atoms with Gasteiger partial charge in [0.25, 0.3) is 0 Å². The highest BCUT2D eigenvalue weighted by Crippen LogP contribution is 2.11. The monoisotopic (exact) mass is 292 g/mol. The molecule has 0 saturated carbocycles. The maximum absolute atomic E-state index is 12.2. The van der Waals surface area contributed by atoms with Gasteiger partial charge in [0.2, 0.25) is 10.0 Å². The van der Waals surface area contributed by atoms with Gasteiger partial charge < -0.3 is 5.73 Å². The van der Waals surface area contributed by atoms with Crippen LogP contribution >= 0.6 is 0 Å². The molecule has 1 heterocycles. The Kier molecular flexibility index (Phi) is 4.43. The van der Waals surface area contributed by atoms with Gasteiger partial charge in [-0.25, -0.2) is 23.1 Å². The number of nitrogens with one attached hydrogen (secondary N) is 1. The molecular weight excluding hydrogens is 276 g/mol. The SMILES string of the molecule is Cc1nccc(CNS(=O)(=O)c2cccc(CN)c2)n1. The van der Waals surface area contributed by atoms with Gasteiger partial charge in [0.1, 0.15) is 5.82 Å². The van der Waals surface area contributed by atoms with Gasteiger partial charge in [0, 0.05) is 12.7 Å². The van der Waals surface area contributed by atoms with E-state index in [0.29, 0.717) is 18.1 Å². The molecular formula is C13H16N4O2S. The van der Waals surface area contributed by atoms with Gasteiger partial charge in [0.15, 0.2) is 0 Å². The predicted octanol–water partition coefficient (Wildman–Crippen LogP) is 0.722. The van der Waals surface area contributed by atoms with Crippen molar-refractivity contribution in [3.63, 3.8) is 0 Å². The Labute approximate surface area is 118 Å². The van der Waals surface area contributed by atoms with E-state index in [4.69, 9.17) is 5.73 Å². The molecule has 0 fully saturated rings. The summed E-state index contributed by atoms with van der Waals surface area (Å²) in [4.78, 5) is 8.31. The third kappa shape index (κ3) is 3.60. The Hall–Kier alpha value is -1.83. The minimum atomic E-state index is -3.57. The number of nitrogens with two attached hydrogens (primary N) is 1. The minimum Gasteiger partial charge on any atom is -0.326 e. The fourth-order valence-corrected chi connectivity index (χ4v) is 2.76. The summed E-state index contributed by atoms with van der Waals surface area (Å²) < 4.78 is 26.8. The van der Waals surface area contributed by atoms with E-state index in [-0.39, 0.29) is 11.4 Å². The third-order valence-electron chi connectivity index (χ3n) is 2.72. The Morgan fingerprint density at radius 1 is 1.30 bits per heavy atom. The molecule has 0 saturated heterocycles. The van der Waals surface area contributed by atoms with E-state index in [1.807, 2.05) is 0 Å². The van der Waals surface area contributed by atoms with Gasteiger partial charge in [-0.05, 0) is 30.7 Å². The molecule has 106 valence electrons. The van der Waals surface area contributed by atoms with Crippen molar-refractivity contribution in [3.8, 4) is 0 Å². The normalized spacial score (nSPS) is 11.5. The first-order valence-corrected chi connectivity index (χ1v) is 7.57. The summed E-state index contributed by atoms with van der Waals surface area (Å²) in [7, 11) is -3.57. The quantitative estimate of drug-likeness (QED) is 0.846. The molecule has 7 heteroatoms. The third-order valence-corrected chi connectivity index (χ3v) is 4.12. The zero-order chi connectivity index (χ0) is 14.6. The van der Waals surface area contributed by atoms with Crippen molar-refractivity contribution in [1.29, 1.82) is 0 Å². The highest BCUT2D eigenvalue weighted by atomic mass is 32.2. The molecule has 1 aromatic heterocycles. The molecule has 0 unspecified atom stereocenters. The maximum Gasteiger partial charge on any atom is 0.240 e. The van der Waals surface area contributed by atoms with Crippen molar-refractivity contribution in [2.45, 2.75) is 24.9 Å². The van der Waals surface area contributed by atoms with Crippen LogP contribution in [0.3, 0.4) is 0 Å². The van der Waals surface area contributed by atoms with Crippen molar-refractivity contribution in [3.05, 3.63) is 53.6 Å². The fraction of sp³-hybridized carbons (Fsp3) is 0.231. The van der Waals surface area contributed by atoms with Crippen molar-refractivity contribution in [2.24, 2.45) is 5.73 Å². The molecule has 0 radical (unpaired) electrons. The number of aryl methyl sites for hydroxylation is 1. The summed E-state index contributed by atoms with van der Waals surface area (Å²) in [5.41, 5.74) is 6.90. The zero-order valence-corrected chi connectivity index (χ0v) is 11.9. The van der Waals surface area contributed by atoms with Crippen molar-refractivity contribution in [2.75, 3.05) is 0 Å². The van der Waals surface area contributed by atoms with Gasteiger partial charge in [-0.3, -0.25) is 0 Å². The molecule has 0 aliphatic carbocycles. The number of hydrogen-bond donors (Lipinski definition) is 2. The number of sulfonamides is 1. The van der Waals surface area contributed by atoms with E-state index < -0.39 is 10.0 Å². The van der Waals surface area contributed by atoms with Crippen LogP contribution in [0.4, 0.5) is 0 Å². The van der Waals surface area contributed by atoms with E-state index in [9.17, 15) is 8.42 Å². The van der Waals surface area contributed by atoms with Crippen molar-refractivity contribution < 1.29 is 8.42 Å². The van der Waals surface area contributed by atoms with Crippen molar-refractivity contribution in [1.82, 2.24) is 14.7 Å². The summed E-state index contributed by atoms with van der Waals surface area (Å²) in [6.07, 6.45) is 1.60. The first kappa shape index (κ1) is 14.6.